The average molecular weight is 191 g/mol. The molecular weight excluding hydrogens is 168 g/mol. The Morgan fingerprint density at radius 3 is 2.50 bits per heavy atom. The molecule has 0 fully saturated rings. The predicted molar refractivity (Wildman–Crippen MR) is 65.1 cm³/mol. The van der Waals surface area contributed by atoms with Crippen molar-refractivity contribution in [1.82, 2.24) is 0 Å². The summed E-state index contributed by atoms with van der Waals surface area (Å²) >= 11 is 0. The van der Waals surface area contributed by atoms with Crippen molar-refractivity contribution in [2.24, 2.45) is 0 Å². The van der Waals surface area contributed by atoms with E-state index in [9.17, 15) is 0 Å². The van der Waals surface area contributed by atoms with Gasteiger partial charge in [-0.25, -0.2) is 0 Å². The zero-order chi connectivity index (χ0) is 10.6. The minimum absolute atomic E-state index is 1.10. The Labute approximate surface area is 89.4 Å². The maximum atomic E-state index is 3.35. The van der Waals surface area contributed by atoms with Crippen LogP contribution in [0.1, 0.15) is 52.9 Å². The predicted octanol–water partition coefficient (Wildman–Crippen LogP) is 4.84. The number of unbranched alkanes of at least 4 members (excludes halogenated alkanes) is 1. The molecule has 0 spiro atoms. The van der Waals surface area contributed by atoms with E-state index in [2.05, 4.69) is 45.1 Å². The molecule has 79 valence electrons. The second-order valence-electron chi connectivity index (χ2n) is 3.40. The Morgan fingerprint density at radius 2 is 1.93 bits per heavy atom. The van der Waals surface area contributed by atoms with Gasteiger partial charge < -0.3 is 0 Å². The van der Waals surface area contributed by atoms with E-state index in [-0.39, 0.29) is 0 Å². The maximum absolute atomic E-state index is 3.35. The molecule has 1 radical (unpaired) electrons. The molecule has 0 aliphatic rings. The summed E-state index contributed by atoms with van der Waals surface area (Å²) in [6.07, 6.45) is 17.7. The summed E-state index contributed by atoms with van der Waals surface area (Å²) in [4.78, 5) is 0. The highest BCUT2D eigenvalue weighted by molar-refractivity contribution is 5.11. The molecule has 0 heteroatoms. The van der Waals surface area contributed by atoms with Crippen molar-refractivity contribution in [3.8, 4) is 0 Å². The molecule has 0 heterocycles. The van der Waals surface area contributed by atoms with E-state index in [4.69, 9.17) is 0 Å². The molecule has 0 aromatic heterocycles. The second kappa shape index (κ2) is 10.3. The molecule has 0 aromatic carbocycles. The van der Waals surface area contributed by atoms with Crippen LogP contribution in [0.4, 0.5) is 0 Å². The Hall–Kier alpha value is -0.780. The largest absolute Gasteiger partial charge is 0.0848 e. The monoisotopic (exact) mass is 191 g/mol. The van der Waals surface area contributed by atoms with Crippen LogP contribution in [0, 0.1) is 6.08 Å². The van der Waals surface area contributed by atoms with Crippen LogP contribution >= 0.6 is 0 Å². The van der Waals surface area contributed by atoms with Gasteiger partial charge in [0.1, 0.15) is 0 Å². The van der Waals surface area contributed by atoms with Crippen LogP contribution in [-0.4, -0.2) is 0 Å². The fourth-order valence-electron chi connectivity index (χ4n) is 1.18. The minimum atomic E-state index is 1.10. The highest BCUT2D eigenvalue weighted by Gasteiger charge is 1.91. The van der Waals surface area contributed by atoms with E-state index < -0.39 is 0 Å². The molecule has 0 nitrogen and oxygen atoms in total. The fraction of sp³-hybridized carbons (Fsp3) is 0.571. The third-order valence-electron chi connectivity index (χ3n) is 2.13. The Morgan fingerprint density at radius 1 is 1.14 bits per heavy atom. The van der Waals surface area contributed by atoms with E-state index in [1.54, 1.807) is 0 Å². The van der Waals surface area contributed by atoms with Crippen molar-refractivity contribution in [3.63, 3.8) is 0 Å². The Bertz CT molecular complexity index is 194. The molecule has 0 bridgehead atoms. The lowest BCUT2D eigenvalue weighted by atomic mass is 10.1. The average Bonchev–Trinajstić information content (AvgIpc) is 2.22. The number of hydrogen-bond donors (Lipinski definition) is 0. The Balaban J connectivity index is 3.90. The quantitative estimate of drug-likeness (QED) is 0.505. The van der Waals surface area contributed by atoms with Crippen LogP contribution < -0.4 is 0 Å². The summed E-state index contributed by atoms with van der Waals surface area (Å²) in [6.45, 7) is 6.57. The normalized spacial score (nSPS) is 13.2. The van der Waals surface area contributed by atoms with Gasteiger partial charge in [0.25, 0.3) is 0 Å². The van der Waals surface area contributed by atoms with Crippen molar-refractivity contribution in [1.29, 1.82) is 0 Å². The molecule has 0 aliphatic heterocycles. The molecular formula is C14H23. The number of rotatable bonds is 7. The van der Waals surface area contributed by atoms with Crippen molar-refractivity contribution in [3.05, 3.63) is 36.0 Å². The van der Waals surface area contributed by atoms with Gasteiger partial charge in [-0.05, 0) is 31.8 Å². The topological polar surface area (TPSA) is 0 Å². The van der Waals surface area contributed by atoms with E-state index in [0.717, 1.165) is 12.8 Å². The molecule has 0 N–H and O–H groups in total. The minimum Gasteiger partial charge on any atom is -0.0848 e. The third kappa shape index (κ3) is 7.85. The summed E-state index contributed by atoms with van der Waals surface area (Å²) in [6, 6.07) is 0. The summed E-state index contributed by atoms with van der Waals surface area (Å²) in [7, 11) is 0. The van der Waals surface area contributed by atoms with Gasteiger partial charge in [0.15, 0.2) is 0 Å². The van der Waals surface area contributed by atoms with E-state index in [0.29, 0.717) is 0 Å². The van der Waals surface area contributed by atoms with Crippen LogP contribution in [0.2, 0.25) is 0 Å². The summed E-state index contributed by atoms with van der Waals surface area (Å²) in [5.74, 6) is 0. The molecule has 0 unspecified atom stereocenters. The van der Waals surface area contributed by atoms with E-state index in [1.807, 2.05) is 6.08 Å². The molecule has 0 saturated heterocycles. The van der Waals surface area contributed by atoms with Gasteiger partial charge in [-0.2, -0.15) is 0 Å². The summed E-state index contributed by atoms with van der Waals surface area (Å²) in [5, 5.41) is 0. The van der Waals surface area contributed by atoms with Gasteiger partial charge in [-0.15, -0.1) is 0 Å². The zero-order valence-electron chi connectivity index (χ0n) is 9.84. The Kier molecular flexibility index (Phi) is 9.73. The molecule has 14 heavy (non-hydrogen) atoms. The first kappa shape index (κ1) is 13.2. The summed E-state index contributed by atoms with van der Waals surface area (Å²) in [5.41, 5.74) is 1.44. The van der Waals surface area contributed by atoms with Crippen molar-refractivity contribution >= 4 is 0 Å². The lowest BCUT2D eigenvalue weighted by Crippen LogP contribution is -1.81. The van der Waals surface area contributed by atoms with Crippen molar-refractivity contribution in [2.75, 3.05) is 0 Å². The van der Waals surface area contributed by atoms with Crippen LogP contribution in [-0.2, 0) is 0 Å². The van der Waals surface area contributed by atoms with E-state index in [1.165, 1.54) is 24.8 Å². The molecule has 0 aromatic rings. The number of hydrogen-bond acceptors (Lipinski definition) is 0. The highest BCUT2D eigenvalue weighted by Crippen LogP contribution is 2.10. The van der Waals surface area contributed by atoms with Gasteiger partial charge >= 0.3 is 0 Å². The van der Waals surface area contributed by atoms with Crippen molar-refractivity contribution < 1.29 is 0 Å². The smallest absolute Gasteiger partial charge is 0.0193 e. The molecule has 0 atom stereocenters. The molecule has 0 amide bonds. The van der Waals surface area contributed by atoms with Gasteiger partial charge in [-0.1, -0.05) is 57.1 Å². The van der Waals surface area contributed by atoms with Crippen LogP contribution in [0.5, 0.6) is 0 Å². The van der Waals surface area contributed by atoms with Crippen molar-refractivity contribution in [2.45, 2.75) is 52.9 Å². The lowest BCUT2D eigenvalue weighted by molar-refractivity contribution is 0.764. The molecule has 0 aliphatic carbocycles. The highest BCUT2D eigenvalue weighted by atomic mass is 14.0. The first-order chi connectivity index (χ1) is 6.85. The van der Waals surface area contributed by atoms with E-state index >= 15 is 0 Å². The SMILES string of the molecule is CCC=CC=C/[C]=C(\CC)CCCC. The van der Waals surface area contributed by atoms with Crippen LogP contribution in [0.25, 0.3) is 0 Å². The van der Waals surface area contributed by atoms with Gasteiger partial charge in [0, 0.05) is 0 Å². The standard InChI is InChI=1S/C14H23/c1-4-7-9-10-11-13-14(6-3)12-8-5-2/h7,9-11H,4-6,8,12H2,1-3H3. The number of allylic oxidation sites excluding steroid dienone is 6. The first-order valence-electron chi connectivity index (χ1n) is 5.78. The fourth-order valence-corrected chi connectivity index (χ4v) is 1.18. The third-order valence-corrected chi connectivity index (χ3v) is 2.13. The van der Waals surface area contributed by atoms with Gasteiger partial charge in [0.05, 0.1) is 0 Å². The zero-order valence-corrected chi connectivity index (χ0v) is 9.84. The molecule has 0 rings (SSSR count). The van der Waals surface area contributed by atoms with Gasteiger partial charge in [-0.3, -0.25) is 0 Å². The van der Waals surface area contributed by atoms with Crippen LogP contribution in [0.15, 0.2) is 29.9 Å². The molecule has 0 saturated carbocycles. The maximum Gasteiger partial charge on any atom is -0.0193 e. The summed E-state index contributed by atoms with van der Waals surface area (Å²) < 4.78 is 0. The first-order valence-corrected chi connectivity index (χ1v) is 5.78. The van der Waals surface area contributed by atoms with Crippen LogP contribution in [0.3, 0.4) is 0 Å². The second-order valence-corrected chi connectivity index (χ2v) is 3.40. The van der Waals surface area contributed by atoms with Gasteiger partial charge in [0.2, 0.25) is 0 Å². The lowest BCUT2D eigenvalue weighted by Gasteiger charge is -1.99.